The summed E-state index contributed by atoms with van der Waals surface area (Å²) in [5.41, 5.74) is 5.18. The first-order valence-electron chi connectivity index (χ1n) is 2.50. The molecule has 0 heterocycles. The van der Waals surface area contributed by atoms with Crippen LogP contribution in [0, 0.1) is 11.3 Å². The van der Waals surface area contributed by atoms with Crippen molar-refractivity contribution in [3.05, 3.63) is 0 Å². The van der Waals surface area contributed by atoms with Gasteiger partial charge in [0, 0.05) is 6.54 Å². The molecular formula is C5H10N2O. The van der Waals surface area contributed by atoms with Gasteiger partial charge in [-0.05, 0) is 6.92 Å². The Labute approximate surface area is 49.0 Å². The fourth-order valence-corrected chi connectivity index (χ4v) is 0.248. The van der Waals surface area contributed by atoms with Gasteiger partial charge in [-0.2, -0.15) is 5.26 Å². The van der Waals surface area contributed by atoms with Crippen molar-refractivity contribution in [2.45, 2.75) is 13.0 Å². The summed E-state index contributed by atoms with van der Waals surface area (Å²) in [6.45, 7) is 2.44. The molecule has 0 amide bonds. The minimum Gasteiger partial charge on any atom is -0.362 e. The Hall–Kier alpha value is -0.590. The second-order valence-corrected chi connectivity index (χ2v) is 1.52. The molecule has 0 aliphatic heterocycles. The van der Waals surface area contributed by atoms with E-state index in [9.17, 15) is 0 Å². The van der Waals surface area contributed by atoms with Gasteiger partial charge in [0.1, 0.15) is 6.61 Å². The largest absolute Gasteiger partial charge is 0.362 e. The molecule has 3 nitrogen and oxygen atoms in total. The van der Waals surface area contributed by atoms with Gasteiger partial charge >= 0.3 is 0 Å². The summed E-state index contributed by atoms with van der Waals surface area (Å²) in [5.74, 6) is 0. The molecule has 0 bridgehead atoms. The quantitative estimate of drug-likeness (QED) is 0.556. The first-order chi connectivity index (χ1) is 3.81. The van der Waals surface area contributed by atoms with E-state index < -0.39 is 0 Å². The molecule has 46 valence electrons. The maximum Gasteiger partial charge on any atom is 0.134 e. The van der Waals surface area contributed by atoms with Gasteiger partial charge < -0.3 is 10.5 Å². The van der Waals surface area contributed by atoms with Crippen LogP contribution in [0.3, 0.4) is 0 Å². The van der Waals surface area contributed by atoms with Gasteiger partial charge in [-0.25, -0.2) is 0 Å². The molecule has 1 unspecified atom stereocenters. The van der Waals surface area contributed by atoms with Crippen LogP contribution in [0.5, 0.6) is 0 Å². The van der Waals surface area contributed by atoms with Gasteiger partial charge in [0.25, 0.3) is 0 Å². The monoisotopic (exact) mass is 114 g/mol. The van der Waals surface area contributed by atoms with Gasteiger partial charge in [0.2, 0.25) is 0 Å². The average Bonchev–Trinajstić information content (AvgIpc) is 1.83. The Bertz CT molecular complexity index is 86.9. The predicted octanol–water partition coefficient (Wildman–Crippen LogP) is -0.126. The molecule has 0 saturated heterocycles. The summed E-state index contributed by atoms with van der Waals surface area (Å²) in [4.78, 5) is 0. The lowest BCUT2D eigenvalue weighted by Gasteiger charge is -2.04. The molecule has 0 fully saturated rings. The summed E-state index contributed by atoms with van der Waals surface area (Å²) >= 11 is 0. The van der Waals surface area contributed by atoms with E-state index in [4.69, 9.17) is 15.7 Å². The summed E-state index contributed by atoms with van der Waals surface area (Å²) in [7, 11) is 0. The van der Waals surface area contributed by atoms with Crippen molar-refractivity contribution in [1.82, 2.24) is 0 Å². The molecule has 0 aromatic heterocycles. The zero-order valence-electron chi connectivity index (χ0n) is 4.92. The van der Waals surface area contributed by atoms with E-state index in [0.29, 0.717) is 6.54 Å². The van der Waals surface area contributed by atoms with Crippen molar-refractivity contribution >= 4 is 0 Å². The van der Waals surface area contributed by atoms with Gasteiger partial charge in [0.05, 0.1) is 12.2 Å². The highest BCUT2D eigenvalue weighted by molar-refractivity contribution is 4.67. The number of nitrogens with two attached hydrogens (primary N) is 1. The number of nitriles is 1. The molecule has 0 aromatic carbocycles. The third-order valence-electron chi connectivity index (χ3n) is 0.764. The van der Waals surface area contributed by atoms with Crippen LogP contribution in [0.25, 0.3) is 0 Å². The van der Waals surface area contributed by atoms with Crippen LogP contribution in [0.2, 0.25) is 0 Å². The van der Waals surface area contributed by atoms with E-state index in [1.54, 1.807) is 0 Å². The molecule has 0 spiro atoms. The topological polar surface area (TPSA) is 59.0 Å². The van der Waals surface area contributed by atoms with Crippen molar-refractivity contribution < 1.29 is 4.74 Å². The van der Waals surface area contributed by atoms with Crippen LogP contribution in [-0.4, -0.2) is 19.3 Å². The zero-order valence-corrected chi connectivity index (χ0v) is 4.92. The molecular weight excluding hydrogens is 104 g/mol. The molecule has 0 rings (SSSR count). The minimum atomic E-state index is 0.00894. The Kier molecular flexibility index (Phi) is 4.23. The maximum atomic E-state index is 7.99. The van der Waals surface area contributed by atoms with E-state index in [-0.39, 0.29) is 12.7 Å². The highest BCUT2D eigenvalue weighted by atomic mass is 16.5. The molecule has 0 saturated carbocycles. The third-order valence-corrected chi connectivity index (χ3v) is 0.764. The van der Waals surface area contributed by atoms with Gasteiger partial charge in [-0.1, -0.05) is 0 Å². The standard InChI is InChI=1S/C5H10N2O/c1-5(4-7)8-3-2-6/h5H,3-4,7H2,1H3. The average molecular weight is 114 g/mol. The molecule has 0 aliphatic carbocycles. The van der Waals surface area contributed by atoms with Gasteiger partial charge in [-0.3, -0.25) is 0 Å². The van der Waals surface area contributed by atoms with Crippen molar-refractivity contribution in [3.8, 4) is 6.07 Å². The van der Waals surface area contributed by atoms with Gasteiger partial charge in [-0.15, -0.1) is 0 Å². The van der Waals surface area contributed by atoms with Crippen LogP contribution < -0.4 is 5.73 Å². The number of ether oxygens (including phenoxy) is 1. The number of rotatable bonds is 3. The first kappa shape index (κ1) is 7.41. The molecule has 8 heavy (non-hydrogen) atoms. The minimum absolute atomic E-state index is 0.00894. The smallest absolute Gasteiger partial charge is 0.134 e. The van der Waals surface area contributed by atoms with Crippen LogP contribution in [-0.2, 0) is 4.74 Å². The second kappa shape index (κ2) is 4.57. The molecule has 0 aliphatic rings. The Morgan fingerprint density at radius 1 is 1.88 bits per heavy atom. The Morgan fingerprint density at radius 2 is 2.50 bits per heavy atom. The molecule has 3 heteroatoms. The fraction of sp³-hybridized carbons (Fsp3) is 0.800. The Morgan fingerprint density at radius 3 is 2.88 bits per heavy atom. The van der Waals surface area contributed by atoms with Gasteiger partial charge in [0.15, 0.2) is 0 Å². The SMILES string of the molecule is CC(CN)OCC#N. The number of hydrogen-bond acceptors (Lipinski definition) is 3. The summed E-state index contributed by atoms with van der Waals surface area (Å²) in [6.07, 6.45) is 0.00894. The van der Waals surface area contributed by atoms with E-state index in [1.165, 1.54) is 0 Å². The van der Waals surface area contributed by atoms with Crippen LogP contribution in [0.4, 0.5) is 0 Å². The van der Waals surface area contributed by atoms with E-state index in [1.807, 2.05) is 13.0 Å². The van der Waals surface area contributed by atoms with E-state index in [0.717, 1.165) is 0 Å². The van der Waals surface area contributed by atoms with Crippen LogP contribution in [0.1, 0.15) is 6.92 Å². The van der Waals surface area contributed by atoms with Crippen LogP contribution >= 0.6 is 0 Å². The molecule has 1 atom stereocenters. The lowest BCUT2D eigenvalue weighted by molar-refractivity contribution is 0.0978. The van der Waals surface area contributed by atoms with Crippen LogP contribution in [0.15, 0.2) is 0 Å². The molecule has 2 N–H and O–H groups in total. The Balaban J connectivity index is 3.01. The van der Waals surface area contributed by atoms with E-state index in [2.05, 4.69) is 0 Å². The summed E-state index contributed by atoms with van der Waals surface area (Å²) in [5, 5.41) is 7.99. The predicted molar refractivity (Wildman–Crippen MR) is 30.1 cm³/mol. The number of nitrogens with zero attached hydrogens (tertiary/aromatic N) is 1. The van der Waals surface area contributed by atoms with Crippen molar-refractivity contribution in [2.75, 3.05) is 13.2 Å². The number of hydrogen-bond donors (Lipinski definition) is 1. The lowest BCUT2D eigenvalue weighted by Crippen LogP contribution is -2.19. The normalized spacial score (nSPS) is 12.6. The molecule has 0 radical (unpaired) electrons. The molecule has 0 aromatic rings. The highest BCUT2D eigenvalue weighted by Gasteiger charge is 1.94. The summed E-state index contributed by atoms with van der Waals surface area (Å²) in [6, 6.07) is 1.86. The van der Waals surface area contributed by atoms with Crippen molar-refractivity contribution in [2.24, 2.45) is 5.73 Å². The highest BCUT2D eigenvalue weighted by Crippen LogP contribution is 1.83. The third kappa shape index (κ3) is 3.59. The lowest BCUT2D eigenvalue weighted by atomic mass is 10.4. The zero-order chi connectivity index (χ0) is 6.41. The first-order valence-corrected chi connectivity index (χ1v) is 2.50. The van der Waals surface area contributed by atoms with Crippen molar-refractivity contribution in [1.29, 1.82) is 5.26 Å². The summed E-state index contributed by atoms with van der Waals surface area (Å²) < 4.78 is 4.85. The van der Waals surface area contributed by atoms with E-state index >= 15 is 0 Å². The second-order valence-electron chi connectivity index (χ2n) is 1.52. The fourth-order valence-electron chi connectivity index (χ4n) is 0.248. The van der Waals surface area contributed by atoms with Crippen molar-refractivity contribution in [3.63, 3.8) is 0 Å². The maximum absolute atomic E-state index is 7.99.